The fraction of sp³-hybridized carbons (Fsp3) is 0.381. The van der Waals surface area contributed by atoms with Crippen LogP contribution in [-0.2, 0) is 11.2 Å². The summed E-state index contributed by atoms with van der Waals surface area (Å²) in [6.45, 7) is 0.801. The third-order valence-corrected chi connectivity index (χ3v) is 4.67. The Labute approximate surface area is 160 Å². The van der Waals surface area contributed by atoms with Crippen LogP contribution in [0.5, 0.6) is 17.2 Å². The van der Waals surface area contributed by atoms with Gasteiger partial charge in [-0.2, -0.15) is 0 Å². The summed E-state index contributed by atoms with van der Waals surface area (Å²) >= 11 is 0. The fourth-order valence-electron chi connectivity index (χ4n) is 3.10. The minimum atomic E-state index is 0.0300. The SMILES string of the molecule is COc1cccc(C(CNC(=O)CCc2ccc3c(c2)OCO3)N(C)C)c1. The van der Waals surface area contributed by atoms with Gasteiger partial charge in [0, 0.05) is 13.0 Å². The number of nitrogens with one attached hydrogen (secondary N) is 1. The van der Waals surface area contributed by atoms with Gasteiger partial charge in [-0.1, -0.05) is 18.2 Å². The summed E-state index contributed by atoms with van der Waals surface area (Å²) in [5, 5.41) is 3.05. The van der Waals surface area contributed by atoms with Crippen LogP contribution in [0.15, 0.2) is 42.5 Å². The second-order valence-electron chi connectivity index (χ2n) is 6.75. The molecule has 1 aliphatic rings. The van der Waals surface area contributed by atoms with E-state index in [4.69, 9.17) is 14.2 Å². The molecule has 0 radical (unpaired) electrons. The number of fused-ring (bicyclic) bond motifs is 1. The average Bonchev–Trinajstić information content (AvgIpc) is 3.14. The fourth-order valence-corrected chi connectivity index (χ4v) is 3.10. The highest BCUT2D eigenvalue weighted by Gasteiger charge is 2.17. The van der Waals surface area contributed by atoms with Gasteiger partial charge in [0.2, 0.25) is 12.7 Å². The van der Waals surface area contributed by atoms with E-state index in [0.29, 0.717) is 19.4 Å². The van der Waals surface area contributed by atoms with Crippen LogP contribution in [0, 0.1) is 0 Å². The molecule has 1 heterocycles. The van der Waals surface area contributed by atoms with E-state index in [1.54, 1.807) is 7.11 Å². The number of hydrogen-bond acceptors (Lipinski definition) is 5. The van der Waals surface area contributed by atoms with Crippen molar-refractivity contribution in [2.24, 2.45) is 0 Å². The molecule has 0 aliphatic carbocycles. The summed E-state index contributed by atoms with van der Waals surface area (Å²) in [6.07, 6.45) is 1.09. The van der Waals surface area contributed by atoms with Gasteiger partial charge in [-0.25, -0.2) is 0 Å². The molecule has 144 valence electrons. The van der Waals surface area contributed by atoms with Crippen LogP contribution in [0.1, 0.15) is 23.6 Å². The Hall–Kier alpha value is -2.73. The van der Waals surface area contributed by atoms with Crippen molar-refractivity contribution in [1.29, 1.82) is 0 Å². The van der Waals surface area contributed by atoms with Crippen LogP contribution in [0.2, 0.25) is 0 Å². The van der Waals surface area contributed by atoms with Crippen LogP contribution in [0.4, 0.5) is 0 Å². The minimum absolute atomic E-state index is 0.0300. The van der Waals surface area contributed by atoms with Gasteiger partial charge in [0.15, 0.2) is 11.5 Å². The van der Waals surface area contributed by atoms with E-state index < -0.39 is 0 Å². The van der Waals surface area contributed by atoms with Crippen molar-refractivity contribution < 1.29 is 19.0 Å². The standard InChI is InChI=1S/C21H26N2O4/c1-23(2)18(16-5-4-6-17(12-16)25-3)13-22-21(24)10-8-15-7-9-19-20(11-15)27-14-26-19/h4-7,9,11-12,18H,8,10,13-14H2,1-3H3,(H,22,24). The summed E-state index contributed by atoms with van der Waals surface area (Å²) in [4.78, 5) is 14.4. The summed E-state index contributed by atoms with van der Waals surface area (Å²) < 4.78 is 16.0. The van der Waals surface area contributed by atoms with Crippen molar-refractivity contribution in [3.63, 3.8) is 0 Å². The molecule has 2 aromatic carbocycles. The van der Waals surface area contributed by atoms with Gasteiger partial charge >= 0.3 is 0 Å². The highest BCUT2D eigenvalue weighted by Crippen LogP contribution is 2.32. The summed E-state index contributed by atoms with van der Waals surface area (Å²) in [6, 6.07) is 13.8. The predicted molar refractivity (Wildman–Crippen MR) is 103 cm³/mol. The number of methoxy groups -OCH3 is 1. The zero-order valence-electron chi connectivity index (χ0n) is 16.0. The first-order valence-corrected chi connectivity index (χ1v) is 9.02. The van der Waals surface area contributed by atoms with E-state index in [-0.39, 0.29) is 18.7 Å². The summed E-state index contributed by atoms with van der Waals surface area (Å²) in [7, 11) is 5.66. The molecule has 0 aromatic heterocycles. The van der Waals surface area contributed by atoms with Gasteiger partial charge in [0.25, 0.3) is 0 Å². The Kier molecular flexibility index (Phi) is 6.19. The second-order valence-corrected chi connectivity index (χ2v) is 6.75. The van der Waals surface area contributed by atoms with Crippen molar-refractivity contribution in [3.05, 3.63) is 53.6 Å². The van der Waals surface area contributed by atoms with Crippen LogP contribution in [-0.4, -0.2) is 45.3 Å². The largest absolute Gasteiger partial charge is 0.497 e. The van der Waals surface area contributed by atoms with E-state index in [2.05, 4.69) is 10.2 Å². The molecule has 1 atom stereocenters. The smallest absolute Gasteiger partial charge is 0.231 e. The Morgan fingerprint density at radius 2 is 2.00 bits per heavy atom. The Balaban J connectivity index is 1.53. The van der Waals surface area contributed by atoms with Gasteiger partial charge in [-0.05, 0) is 55.9 Å². The van der Waals surface area contributed by atoms with Gasteiger partial charge < -0.3 is 24.4 Å². The quantitative estimate of drug-likeness (QED) is 0.774. The molecule has 2 aromatic rings. The Morgan fingerprint density at radius 1 is 1.19 bits per heavy atom. The molecule has 1 aliphatic heterocycles. The number of nitrogens with zero attached hydrogens (tertiary/aromatic N) is 1. The van der Waals surface area contributed by atoms with Crippen molar-refractivity contribution in [3.8, 4) is 17.2 Å². The lowest BCUT2D eigenvalue weighted by Gasteiger charge is -2.25. The van der Waals surface area contributed by atoms with E-state index in [0.717, 1.165) is 28.4 Å². The molecular weight excluding hydrogens is 344 g/mol. The molecule has 0 saturated heterocycles. The van der Waals surface area contributed by atoms with Crippen LogP contribution >= 0.6 is 0 Å². The molecule has 6 nitrogen and oxygen atoms in total. The highest BCUT2D eigenvalue weighted by molar-refractivity contribution is 5.76. The average molecular weight is 370 g/mol. The number of aryl methyl sites for hydroxylation is 1. The Morgan fingerprint density at radius 3 is 2.78 bits per heavy atom. The number of benzene rings is 2. The van der Waals surface area contributed by atoms with E-state index >= 15 is 0 Å². The zero-order valence-corrected chi connectivity index (χ0v) is 16.0. The third-order valence-electron chi connectivity index (χ3n) is 4.67. The number of carbonyl (C=O) groups excluding carboxylic acids is 1. The summed E-state index contributed by atoms with van der Waals surface area (Å²) in [5.74, 6) is 2.35. The summed E-state index contributed by atoms with van der Waals surface area (Å²) in [5.41, 5.74) is 2.17. The lowest BCUT2D eigenvalue weighted by atomic mass is 10.1. The molecular formula is C21H26N2O4. The number of carbonyl (C=O) groups is 1. The molecule has 3 rings (SSSR count). The van der Waals surface area contributed by atoms with Gasteiger partial charge in [0.1, 0.15) is 5.75 Å². The predicted octanol–water partition coefficient (Wildman–Crippen LogP) is 2.78. The Bertz CT molecular complexity index is 792. The van der Waals surface area contributed by atoms with Crippen molar-refractivity contribution >= 4 is 5.91 Å². The number of ether oxygens (including phenoxy) is 3. The first kappa shape index (κ1) is 19.0. The van der Waals surface area contributed by atoms with E-state index in [1.807, 2.05) is 56.6 Å². The first-order chi connectivity index (χ1) is 13.1. The number of likely N-dealkylation sites (N-methyl/N-ethyl adjacent to an activating group) is 1. The molecule has 0 fully saturated rings. The van der Waals surface area contributed by atoms with Crippen molar-refractivity contribution in [1.82, 2.24) is 10.2 Å². The topological polar surface area (TPSA) is 60.0 Å². The molecule has 1 N–H and O–H groups in total. The normalized spacial score (nSPS) is 13.5. The van der Waals surface area contributed by atoms with E-state index in [9.17, 15) is 4.79 Å². The van der Waals surface area contributed by atoms with Crippen LogP contribution in [0.3, 0.4) is 0 Å². The van der Waals surface area contributed by atoms with Crippen molar-refractivity contribution in [2.75, 3.05) is 34.5 Å². The lowest BCUT2D eigenvalue weighted by Crippen LogP contribution is -2.34. The molecule has 0 spiro atoms. The van der Waals surface area contributed by atoms with Gasteiger partial charge in [-0.3, -0.25) is 4.79 Å². The van der Waals surface area contributed by atoms with Crippen LogP contribution < -0.4 is 19.5 Å². The number of hydrogen-bond donors (Lipinski definition) is 1. The molecule has 0 saturated carbocycles. The molecule has 1 amide bonds. The number of amides is 1. The molecule has 1 unspecified atom stereocenters. The lowest BCUT2D eigenvalue weighted by molar-refractivity contribution is -0.121. The second kappa shape index (κ2) is 8.77. The molecule has 27 heavy (non-hydrogen) atoms. The maximum Gasteiger partial charge on any atom is 0.231 e. The van der Waals surface area contributed by atoms with Gasteiger partial charge in [0.05, 0.1) is 13.2 Å². The zero-order chi connectivity index (χ0) is 19.2. The number of rotatable bonds is 8. The maximum absolute atomic E-state index is 12.3. The maximum atomic E-state index is 12.3. The molecule has 6 heteroatoms. The van der Waals surface area contributed by atoms with E-state index in [1.165, 1.54) is 0 Å². The third kappa shape index (κ3) is 4.92. The van der Waals surface area contributed by atoms with Gasteiger partial charge in [-0.15, -0.1) is 0 Å². The monoisotopic (exact) mass is 370 g/mol. The minimum Gasteiger partial charge on any atom is -0.497 e. The molecule has 0 bridgehead atoms. The first-order valence-electron chi connectivity index (χ1n) is 9.02. The highest BCUT2D eigenvalue weighted by atomic mass is 16.7. The van der Waals surface area contributed by atoms with Crippen LogP contribution in [0.25, 0.3) is 0 Å². The van der Waals surface area contributed by atoms with Crippen molar-refractivity contribution in [2.45, 2.75) is 18.9 Å².